The molecule has 0 spiro atoms. The molecule has 2 rings (SSSR count). The first kappa shape index (κ1) is 12.5. The summed E-state index contributed by atoms with van der Waals surface area (Å²) in [5, 5.41) is 0. The highest BCUT2D eigenvalue weighted by Gasteiger charge is 2.08. The molecule has 1 heterocycles. The molecule has 1 aromatic carbocycles. The second kappa shape index (κ2) is 4.75. The van der Waals surface area contributed by atoms with Crippen LogP contribution in [0.25, 0.3) is 10.4 Å². The third kappa shape index (κ3) is 2.50. The Hall–Kier alpha value is -0.930. The van der Waals surface area contributed by atoms with Gasteiger partial charge in [-0.1, -0.05) is 15.9 Å². The maximum Gasteiger partial charge on any atom is 0.169 e. The number of rotatable bonds is 2. The largest absolute Gasteiger partial charge is 0.294 e. The number of halogens is 1. The lowest BCUT2D eigenvalue weighted by Crippen LogP contribution is -1.84. The Morgan fingerprint density at radius 2 is 1.76 bits per heavy atom. The van der Waals surface area contributed by atoms with Gasteiger partial charge in [0, 0.05) is 9.35 Å². The van der Waals surface area contributed by atoms with Crippen molar-refractivity contribution in [3.05, 3.63) is 44.7 Å². The highest BCUT2D eigenvalue weighted by Crippen LogP contribution is 2.32. The van der Waals surface area contributed by atoms with Gasteiger partial charge < -0.3 is 0 Å². The molecule has 17 heavy (non-hydrogen) atoms. The number of hydrogen-bond acceptors (Lipinski definition) is 2. The highest BCUT2D eigenvalue weighted by atomic mass is 79.9. The van der Waals surface area contributed by atoms with Crippen LogP contribution in [-0.2, 0) is 0 Å². The van der Waals surface area contributed by atoms with Gasteiger partial charge in [0.1, 0.15) is 0 Å². The van der Waals surface area contributed by atoms with Crippen LogP contribution in [0, 0.1) is 13.8 Å². The number of ketones is 1. The summed E-state index contributed by atoms with van der Waals surface area (Å²) in [6, 6.07) is 8.21. The van der Waals surface area contributed by atoms with E-state index in [1.54, 1.807) is 18.3 Å². The Labute approximate surface area is 114 Å². The first-order valence-electron chi connectivity index (χ1n) is 5.37. The minimum absolute atomic E-state index is 0.131. The van der Waals surface area contributed by atoms with Crippen molar-refractivity contribution in [3.63, 3.8) is 0 Å². The second-order valence-electron chi connectivity index (χ2n) is 4.14. The molecule has 0 aliphatic carbocycles. The lowest BCUT2D eigenvalue weighted by Gasteiger charge is -2.06. The molecule has 2 aromatic rings. The molecule has 1 aromatic heterocycles. The first-order valence-corrected chi connectivity index (χ1v) is 6.98. The lowest BCUT2D eigenvalue weighted by molar-refractivity contribution is 0.102. The number of carbonyl (C=O) groups is 1. The third-order valence-electron chi connectivity index (χ3n) is 2.67. The van der Waals surface area contributed by atoms with Crippen molar-refractivity contribution in [2.75, 3.05) is 0 Å². The molecule has 0 radical (unpaired) electrons. The van der Waals surface area contributed by atoms with Crippen LogP contribution < -0.4 is 0 Å². The standard InChI is InChI=1S/C14H13BrOS/c1-8-6-11(7-9(2)14(8)15)13-5-4-12(17-13)10(3)16/h4-7H,1-3H3. The number of aryl methyl sites for hydroxylation is 2. The molecular weight excluding hydrogens is 296 g/mol. The van der Waals surface area contributed by atoms with Crippen molar-refractivity contribution < 1.29 is 4.79 Å². The zero-order valence-corrected chi connectivity index (χ0v) is 12.4. The van der Waals surface area contributed by atoms with E-state index in [0.29, 0.717) is 0 Å². The second-order valence-corrected chi connectivity index (χ2v) is 6.02. The lowest BCUT2D eigenvalue weighted by atomic mass is 10.1. The van der Waals surface area contributed by atoms with Crippen LogP contribution in [0.15, 0.2) is 28.7 Å². The van der Waals surface area contributed by atoms with Crippen LogP contribution in [0.5, 0.6) is 0 Å². The predicted molar refractivity (Wildman–Crippen MR) is 76.9 cm³/mol. The van der Waals surface area contributed by atoms with Crippen molar-refractivity contribution in [3.8, 4) is 10.4 Å². The smallest absolute Gasteiger partial charge is 0.169 e. The van der Waals surface area contributed by atoms with Crippen LogP contribution in [0.3, 0.4) is 0 Å². The SMILES string of the molecule is CC(=O)c1ccc(-c2cc(C)c(Br)c(C)c2)s1. The molecule has 88 valence electrons. The number of carbonyl (C=O) groups excluding carboxylic acids is 1. The summed E-state index contributed by atoms with van der Waals surface area (Å²) >= 11 is 5.12. The Morgan fingerprint density at radius 3 is 2.24 bits per heavy atom. The van der Waals surface area contributed by atoms with Crippen molar-refractivity contribution in [1.29, 1.82) is 0 Å². The third-order valence-corrected chi connectivity index (χ3v) is 5.16. The van der Waals surface area contributed by atoms with E-state index in [1.165, 1.54) is 16.7 Å². The number of thiophene rings is 1. The fourth-order valence-corrected chi connectivity index (χ4v) is 2.89. The van der Waals surface area contributed by atoms with Gasteiger partial charge in [0.05, 0.1) is 4.88 Å². The van der Waals surface area contributed by atoms with Crippen molar-refractivity contribution >= 4 is 33.0 Å². The summed E-state index contributed by atoms with van der Waals surface area (Å²) in [7, 11) is 0. The van der Waals surface area contributed by atoms with E-state index in [4.69, 9.17) is 0 Å². The van der Waals surface area contributed by atoms with Gasteiger partial charge >= 0.3 is 0 Å². The number of Topliss-reactive ketones (excluding diaryl/α,β-unsaturated/α-hetero) is 1. The normalized spacial score (nSPS) is 10.6. The van der Waals surface area contributed by atoms with Crippen LogP contribution in [0.4, 0.5) is 0 Å². The molecule has 3 heteroatoms. The van der Waals surface area contributed by atoms with Crippen LogP contribution in [0.1, 0.15) is 27.7 Å². The van der Waals surface area contributed by atoms with Gasteiger partial charge in [0.2, 0.25) is 0 Å². The molecule has 0 aliphatic heterocycles. The molecule has 0 atom stereocenters. The van der Waals surface area contributed by atoms with Gasteiger partial charge in [0.25, 0.3) is 0 Å². The predicted octanol–water partition coefficient (Wildman–Crippen LogP) is 5.00. The monoisotopic (exact) mass is 308 g/mol. The fourth-order valence-electron chi connectivity index (χ4n) is 1.77. The van der Waals surface area contributed by atoms with E-state index in [2.05, 4.69) is 41.9 Å². The van der Waals surface area contributed by atoms with Crippen LogP contribution in [-0.4, -0.2) is 5.78 Å². The summed E-state index contributed by atoms with van der Waals surface area (Å²) in [6.07, 6.45) is 0. The molecule has 0 aliphatic rings. The van der Waals surface area contributed by atoms with E-state index in [9.17, 15) is 4.79 Å². The molecule has 0 N–H and O–H groups in total. The topological polar surface area (TPSA) is 17.1 Å². The van der Waals surface area contributed by atoms with Gasteiger partial charge in [-0.15, -0.1) is 11.3 Å². The average Bonchev–Trinajstić information content (AvgIpc) is 2.74. The maximum atomic E-state index is 11.3. The molecule has 0 amide bonds. The first-order chi connectivity index (χ1) is 7.99. The molecule has 0 bridgehead atoms. The molecular formula is C14H13BrOS. The quantitative estimate of drug-likeness (QED) is 0.714. The Morgan fingerprint density at radius 1 is 1.18 bits per heavy atom. The Bertz CT molecular complexity index is 561. The van der Waals surface area contributed by atoms with E-state index in [-0.39, 0.29) is 5.78 Å². The van der Waals surface area contributed by atoms with E-state index in [1.807, 2.05) is 12.1 Å². The van der Waals surface area contributed by atoms with Crippen LogP contribution in [0.2, 0.25) is 0 Å². The van der Waals surface area contributed by atoms with Gasteiger partial charge in [0.15, 0.2) is 5.78 Å². The molecule has 0 unspecified atom stereocenters. The van der Waals surface area contributed by atoms with Crippen LogP contribution >= 0.6 is 27.3 Å². The van der Waals surface area contributed by atoms with Crippen molar-refractivity contribution in [2.24, 2.45) is 0 Å². The van der Waals surface area contributed by atoms with E-state index < -0.39 is 0 Å². The average molecular weight is 309 g/mol. The minimum Gasteiger partial charge on any atom is -0.294 e. The summed E-state index contributed by atoms with van der Waals surface area (Å²) in [6.45, 7) is 5.77. The number of hydrogen-bond donors (Lipinski definition) is 0. The summed E-state index contributed by atoms with van der Waals surface area (Å²) < 4.78 is 1.16. The number of benzene rings is 1. The Balaban J connectivity index is 2.49. The zero-order chi connectivity index (χ0) is 12.6. The van der Waals surface area contributed by atoms with Gasteiger partial charge in [-0.3, -0.25) is 4.79 Å². The van der Waals surface area contributed by atoms with Crippen molar-refractivity contribution in [2.45, 2.75) is 20.8 Å². The van der Waals surface area contributed by atoms with E-state index >= 15 is 0 Å². The zero-order valence-electron chi connectivity index (χ0n) is 10.0. The minimum atomic E-state index is 0.131. The molecule has 1 nitrogen and oxygen atoms in total. The highest BCUT2D eigenvalue weighted by molar-refractivity contribution is 9.10. The van der Waals surface area contributed by atoms with Gasteiger partial charge in [-0.2, -0.15) is 0 Å². The van der Waals surface area contributed by atoms with Crippen molar-refractivity contribution in [1.82, 2.24) is 0 Å². The molecule has 0 saturated heterocycles. The molecule has 0 fully saturated rings. The fraction of sp³-hybridized carbons (Fsp3) is 0.214. The van der Waals surface area contributed by atoms with Gasteiger partial charge in [-0.05, 0) is 61.7 Å². The summed E-state index contributed by atoms with van der Waals surface area (Å²) in [5.74, 6) is 0.131. The molecule has 0 saturated carbocycles. The maximum absolute atomic E-state index is 11.3. The van der Waals surface area contributed by atoms with E-state index in [0.717, 1.165) is 14.2 Å². The Kier molecular flexibility index (Phi) is 3.50. The summed E-state index contributed by atoms with van der Waals surface area (Å²) in [4.78, 5) is 13.2. The summed E-state index contributed by atoms with van der Waals surface area (Å²) in [5.41, 5.74) is 3.62. The van der Waals surface area contributed by atoms with Gasteiger partial charge in [-0.25, -0.2) is 0 Å².